The van der Waals surface area contributed by atoms with Crippen molar-refractivity contribution in [2.75, 3.05) is 6.26 Å². The van der Waals surface area contributed by atoms with Gasteiger partial charge in [0.2, 0.25) is 0 Å². The fourth-order valence-electron chi connectivity index (χ4n) is 5.68. The van der Waals surface area contributed by atoms with Gasteiger partial charge in [-0.25, -0.2) is 16.8 Å². The van der Waals surface area contributed by atoms with Crippen molar-refractivity contribution in [3.8, 4) is 0 Å². The molecule has 3 aromatic rings. The second-order valence-corrected chi connectivity index (χ2v) is 16.2. The summed E-state index contributed by atoms with van der Waals surface area (Å²) in [4.78, 5) is 15.9. The molecule has 202 valence electrons. The van der Waals surface area contributed by atoms with Crippen molar-refractivity contribution in [2.24, 2.45) is 16.7 Å². The van der Waals surface area contributed by atoms with Gasteiger partial charge in [-0.15, -0.1) is 0 Å². The molecule has 6 nitrogen and oxygen atoms in total. The molecule has 2 aliphatic carbocycles. The molecule has 9 heteroatoms. The highest BCUT2D eigenvalue weighted by molar-refractivity contribution is 7.97. The number of hydrogen-bond donors (Lipinski definition) is 0. The van der Waals surface area contributed by atoms with Crippen LogP contribution in [0.2, 0.25) is 0 Å². The molecule has 0 radical (unpaired) electrons. The molecule has 3 atom stereocenters. The Labute approximate surface area is 228 Å². The first-order valence-electron chi connectivity index (χ1n) is 12.3. The first-order valence-corrected chi connectivity index (χ1v) is 16.9. The third-order valence-corrected chi connectivity index (χ3v) is 12.8. The molecule has 2 bridgehead atoms. The van der Waals surface area contributed by atoms with E-state index in [9.17, 15) is 26.2 Å². The van der Waals surface area contributed by atoms with Crippen LogP contribution in [-0.2, 0) is 35.6 Å². The predicted molar refractivity (Wildman–Crippen MR) is 148 cm³/mol. The number of hydrogen-bond acceptors (Lipinski definition) is 6. The summed E-state index contributed by atoms with van der Waals surface area (Å²) in [5.74, 6) is -0.656. The van der Waals surface area contributed by atoms with E-state index in [4.69, 9.17) is 0 Å². The van der Waals surface area contributed by atoms with Gasteiger partial charge >= 0.3 is 0 Å². The summed E-state index contributed by atoms with van der Waals surface area (Å²) in [6.07, 6.45) is 2.60. The van der Waals surface area contributed by atoms with Crippen molar-refractivity contribution in [3.63, 3.8) is 0 Å². The minimum absolute atomic E-state index is 0.245. The first-order chi connectivity index (χ1) is 17.7. The molecule has 0 saturated heterocycles. The van der Waals surface area contributed by atoms with Gasteiger partial charge in [-0.2, -0.15) is 0 Å². The van der Waals surface area contributed by atoms with Gasteiger partial charge in [-0.1, -0.05) is 57.2 Å². The number of carbonyl (C=O) groups excluding carboxylic acids is 1. The predicted octanol–water partition coefficient (Wildman–Crippen LogP) is 5.11. The molecule has 5 rings (SSSR count). The van der Waals surface area contributed by atoms with Crippen LogP contribution >= 0.6 is 0 Å². The zero-order valence-electron chi connectivity index (χ0n) is 21.8. The maximum Gasteiger partial charge on any atom is 0.175 e. The third kappa shape index (κ3) is 5.21. The Hall–Kier alpha value is -2.46. The molecule has 2 fully saturated rings. The topological polar surface area (TPSA) is 108 Å². The number of carbonyl (C=O) groups is 1. The van der Waals surface area contributed by atoms with Gasteiger partial charge in [-0.05, 0) is 72.7 Å². The molecule has 0 spiro atoms. The number of benzene rings is 3. The minimum atomic E-state index is -4.49. The molecular weight excluding hydrogens is 541 g/mol. The van der Waals surface area contributed by atoms with Crippen molar-refractivity contribution in [3.05, 3.63) is 84.9 Å². The second-order valence-electron chi connectivity index (χ2n) is 10.7. The van der Waals surface area contributed by atoms with Crippen molar-refractivity contribution < 1.29 is 26.2 Å². The highest BCUT2D eigenvalue weighted by atomic mass is 32.2. The Bertz CT molecular complexity index is 1480. The SMILES string of the molecule is CC12CCC(C(S(=O)(=O)[O-])C1=O)C2(C)C.CS(=O)(=O)c1ccc([S+](c2ccccc2)c2ccccc2)cc1. The van der Waals surface area contributed by atoms with Crippen LogP contribution in [0.25, 0.3) is 0 Å². The highest BCUT2D eigenvalue weighted by Gasteiger charge is 2.67. The average Bonchev–Trinajstić information content (AvgIpc) is 3.18. The Morgan fingerprint density at radius 3 is 1.55 bits per heavy atom. The number of fused-ring (bicyclic) bond motifs is 2. The molecule has 2 aliphatic rings. The Kier molecular flexibility index (Phi) is 7.71. The summed E-state index contributed by atoms with van der Waals surface area (Å²) in [6, 6.07) is 27.8. The fraction of sp³-hybridized carbons (Fsp3) is 0.345. The zero-order valence-corrected chi connectivity index (χ0v) is 24.3. The standard InChI is InChI=1S/C19H17O2S2.C10H16O4S/c1-23(20,21)19-14-12-18(13-15-19)22(16-8-4-2-5-9-16)17-10-6-3-7-11-17;1-9(2)6-4-5-10(9,3)8(11)7(6)15(12,13)14/h2-15H,1H3;6-7H,4-5H2,1-3H3,(H,12,13,14)/q+1;/p-1. The van der Waals surface area contributed by atoms with Crippen LogP contribution in [0.5, 0.6) is 0 Å². The lowest BCUT2D eigenvalue weighted by molar-refractivity contribution is -0.128. The molecule has 0 aromatic heterocycles. The highest BCUT2D eigenvalue weighted by Crippen LogP contribution is 2.64. The van der Waals surface area contributed by atoms with Gasteiger partial charge in [0.25, 0.3) is 0 Å². The second kappa shape index (κ2) is 10.3. The lowest BCUT2D eigenvalue weighted by Crippen LogP contribution is -2.38. The molecule has 38 heavy (non-hydrogen) atoms. The lowest BCUT2D eigenvalue weighted by Gasteiger charge is -2.32. The largest absolute Gasteiger partial charge is 0.747 e. The van der Waals surface area contributed by atoms with E-state index in [0.717, 1.165) is 4.90 Å². The third-order valence-electron chi connectivity index (χ3n) is 8.23. The van der Waals surface area contributed by atoms with Crippen LogP contribution in [0, 0.1) is 16.7 Å². The van der Waals surface area contributed by atoms with Gasteiger partial charge < -0.3 is 4.55 Å². The van der Waals surface area contributed by atoms with E-state index in [1.54, 1.807) is 19.1 Å². The molecule has 3 aromatic carbocycles. The van der Waals surface area contributed by atoms with Crippen LogP contribution in [0.1, 0.15) is 33.6 Å². The van der Waals surface area contributed by atoms with Crippen molar-refractivity contribution in [2.45, 2.75) is 58.4 Å². The van der Waals surface area contributed by atoms with Gasteiger partial charge in [0, 0.05) is 11.7 Å². The van der Waals surface area contributed by atoms with Crippen LogP contribution in [0.3, 0.4) is 0 Å². The van der Waals surface area contributed by atoms with E-state index >= 15 is 0 Å². The van der Waals surface area contributed by atoms with E-state index in [1.165, 1.54) is 16.0 Å². The Balaban J connectivity index is 0.000000194. The summed E-state index contributed by atoms with van der Waals surface area (Å²) in [6.45, 7) is 5.59. The number of ketones is 1. The molecule has 0 aliphatic heterocycles. The van der Waals surface area contributed by atoms with Gasteiger partial charge in [0.05, 0.1) is 15.8 Å². The summed E-state index contributed by atoms with van der Waals surface area (Å²) < 4.78 is 56.6. The Morgan fingerprint density at radius 1 is 0.763 bits per heavy atom. The molecule has 0 amide bonds. The minimum Gasteiger partial charge on any atom is -0.747 e. The summed E-state index contributed by atoms with van der Waals surface area (Å²) in [5.41, 5.74) is -0.994. The molecular formula is C29H32O6S3. The van der Waals surface area contributed by atoms with Gasteiger partial charge in [-0.3, -0.25) is 4.79 Å². The van der Waals surface area contributed by atoms with E-state index < -0.39 is 30.6 Å². The quantitative estimate of drug-likeness (QED) is 0.311. The van der Waals surface area contributed by atoms with E-state index in [-0.39, 0.29) is 28.0 Å². The maximum atomic E-state index is 12.0. The van der Waals surface area contributed by atoms with Crippen molar-refractivity contribution in [1.29, 1.82) is 0 Å². The van der Waals surface area contributed by atoms with Gasteiger partial charge in [0.15, 0.2) is 30.3 Å². The average molecular weight is 573 g/mol. The number of Topliss-reactive ketones (excluding diaryl/α,β-unsaturated/α-hetero) is 1. The summed E-state index contributed by atoms with van der Waals surface area (Å²) in [5, 5.41) is -1.30. The molecule has 2 saturated carbocycles. The fourth-order valence-corrected chi connectivity index (χ4v) is 9.80. The van der Waals surface area contributed by atoms with E-state index in [1.807, 2.05) is 62.4 Å². The lowest BCUT2D eigenvalue weighted by atomic mass is 9.70. The van der Waals surface area contributed by atoms with Crippen LogP contribution in [-0.4, -0.2) is 38.7 Å². The molecule has 3 unspecified atom stereocenters. The van der Waals surface area contributed by atoms with Crippen molar-refractivity contribution >= 4 is 36.6 Å². The van der Waals surface area contributed by atoms with E-state index in [2.05, 4.69) is 24.3 Å². The molecule has 0 N–H and O–H groups in total. The van der Waals surface area contributed by atoms with Crippen molar-refractivity contribution in [1.82, 2.24) is 0 Å². The van der Waals surface area contributed by atoms with Gasteiger partial charge in [0.1, 0.15) is 15.4 Å². The zero-order chi connectivity index (χ0) is 27.9. The number of rotatable bonds is 5. The summed E-state index contributed by atoms with van der Waals surface area (Å²) >= 11 is 0. The monoisotopic (exact) mass is 572 g/mol. The first kappa shape index (κ1) is 28.5. The Morgan fingerprint density at radius 2 is 1.21 bits per heavy atom. The molecule has 0 heterocycles. The smallest absolute Gasteiger partial charge is 0.175 e. The summed E-state index contributed by atoms with van der Waals surface area (Å²) in [7, 11) is -7.91. The van der Waals surface area contributed by atoms with Crippen LogP contribution < -0.4 is 0 Å². The number of sulfone groups is 1. The van der Waals surface area contributed by atoms with E-state index in [0.29, 0.717) is 17.7 Å². The maximum absolute atomic E-state index is 12.0. The normalized spacial score (nSPS) is 24.2. The van der Waals surface area contributed by atoms with Crippen LogP contribution in [0.4, 0.5) is 0 Å². The van der Waals surface area contributed by atoms with Crippen LogP contribution in [0.15, 0.2) is 105 Å².